The lowest BCUT2D eigenvalue weighted by atomic mass is 10.4. The monoisotopic (exact) mass is 270 g/mol. The van der Waals surface area contributed by atoms with E-state index in [1.165, 1.54) is 0 Å². The molecule has 0 saturated carbocycles. The van der Waals surface area contributed by atoms with Crippen LogP contribution in [-0.4, -0.2) is 61.9 Å². The Morgan fingerprint density at radius 3 is 1.50 bits per heavy atom. The Labute approximate surface area is 111 Å². The first-order chi connectivity index (χ1) is 8.31. The van der Waals surface area contributed by atoms with Gasteiger partial charge in [-0.2, -0.15) is 5.50 Å². The van der Waals surface area contributed by atoms with Crippen LogP contribution in [0.25, 0.3) is 0 Å². The smallest absolute Gasteiger partial charge is 0.213 e. The van der Waals surface area contributed by atoms with Crippen molar-refractivity contribution in [2.75, 3.05) is 42.3 Å². The van der Waals surface area contributed by atoms with E-state index in [9.17, 15) is 0 Å². The van der Waals surface area contributed by atoms with Gasteiger partial charge >= 0.3 is 0 Å². The van der Waals surface area contributed by atoms with E-state index < -0.39 is 7.71 Å². The molecule has 0 radical (unpaired) electrons. The largest absolute Gasteiger partial charge is 0.285 e. The SMILES string of the molecule is CN(C)N(C)[P+](N)(c1ccccc1)N(C)N(C)C. The van der Waals surface area contributed by atoms with Crippen molar-refractivity contribution in [3.8, 4) is 0 Å². The summed E-state index contributed by atoms with van der Waals surface area (Å²) >= 11 is 0. The molecule has 5 nitrogen and oxygen atoms in total. The number of nitrogens with zero attached hydrogens (tertiary/aromatic N) is 4. The third kappa shape index (κ3) is 2.88. The van der Waals surface area contributed by atoms with Crippen LogP contribution in [-0.2, 0) is 0 Å². The average molecular weight is 270 g/mol. The molecule has 0 saturated heterocycles. The van der Waals surface area contributed by atoms with Crippen molar-refractivity contribution in [1.29, 1.82) is 0 Å². The minimum atomic E-state index is -2.10. The second-order valence-corrected chi connectivity index (χ2v) is 7.63. The van der Waals surface area contributed by atoms with Crippen LogP contribution < -0.4 is 10.8 Å². The highest BCUT2D eigenvalue weighted by atomic mass is 31.2. The highest BCUT2D eigenvalue weighted by molar-refractivity contribution is 7.76. The molecule has 6 heteroatoms. The molecule has 0 unspecified atom stereocenters. The Hall–Kier alpha value is -0.550. The van der Waals surface area contributed by atoms with Gasteiger partial charge in [-0.15, -0.1) is 0 Å². The first kappa shape index (κ1) is 15.5. The van der Waals surface area contributed by atoms with Crippen molar-refractivity contribution in [3.05, 3.63) is 30.3 Å². The van der Waals surface area contributed by atoms with E-state index in [-0.39, 0.29) is 0 Å². The van der Waals surface area contributed by atoms with E-state index in [4.69, 9.17) is 5.50 Å². The van der Waals surface area contributed by atoms with Gasteiger partial charge < -0.3 is 0 Å². The van der Waals surface area contributed by atoms with Gasteiger partial charge in [-0.25, -0.2) is 10.0 Å². The lowest BCUT2D eigenvalue weighted by molar-refractivity contribution is 0.108. The van der Waals surface area contributed by atoms with Gasteiger partial charge in [-0.05, 0) is 12.1 Å². The van der Waals surface area contributed by atoms with Gasteiger partial charge in [0.15, 0.2) is 0 Å². The maximum Gasteiger partial charge on any atom is 0.285 e. The minimum absolute atomic E-state index is 1.15. The number of hydrazine groups is 2. The molecule has 0 atom stereocenters. The fraction of sp³-hybridized carbons (Fsp3) is 0.500. The van der Waals surface area contributed by atoms with Crippen LogP contribution in [0.1, 0.15) is 0 Å². The summed E-state index contributed by atoms with van der Waals surface area (Å²) in [5, 5.41) is 5.21. The molecule has 2 N–H and O–H groups in total. The van der Waals surface area contributed by atoms with E-state index in [2.05, 4.69) is 21.7 Å². The Balaban J connectivity index is 3.26. The maximum absolute atomic E-state index is 6.79. The third-order valence-electron chi connectivity index (χ3n) is 3.18. The second kappa shape index (κ2) is 6.06. The van der Waals surface area contributed by atoms with Crippen LogP contribution >= 0.6 is 7.71 Å². The first-order valence-corrected chi connectivity index (χ1v) is 7.64. The van der Waals surface area contributed by atoms with Crippen LogP contribution in [0, 0.1) is 0 Å². The highest BCUT2D eigenvalue weighted by Gasteiger charge is 2.49. The highest BCUT2D eigenvalue weighted by Crippen LogP contribution is 2.55. The van der Waals surface area contributed by atoms with Crippen molar-refractivity contribution >= 4 is 13.0 Å². The molecule has 18 heavy (non-hydrogen) atoms. The van der Waals surface area contributed by atoms with Crippen molar-refractivity contribution in [2.24, 2.45) is 5.50 Å². The number of hydrogen-bond acceptors (Lipinski definition) is 5. The van der Waals surface area contributed by atoms with Gasteiger partial charge in [-0.1, -0.05) is 27.8 Å². The molecule has 0 fully saturated rings. The Morgan fingerprint density at radius 2 is 1.17 bits per heavy atom. The quantitative estimate of drug-likeness (QED) is 0.634. The molecule has 0 aliphatic rings. The summed E-state index contributed by atoms with van der Waals surface area (Å²) < 4.78 is 4.23. The molecule has 0 amide bonds. The molecule has 0 aromatic heterocycles. The zero-order valence-electron chi connectivity index (χ0n) is 12.2. The lowest BCUT2D eigenvalue weighted by Gasteiger charge is -2.40. The van der Waals surface area contributed by atoms with Gasteiger partial charge in [0.05, 0.1) is 0 Å². The summed E-state index contributed by atoms with van der Waals surface area (Å²) in [5.74, 6) is 0. The van der Waals surface area contributed by atoms with E-state index in [1.807, 2.05) is 70.5 Å². The van der Waals surface area contributed by atoms with Crippen molar-refractivity contribution < 1.29 is 0 Å². The van der Waals surface area contributed by atoms with Crippen molar-refractivity contribution in [2.45, 2.75) is 0 Å². The van der Waals surface area contributed by atoms with E-state index in [0.29, 0.717) is 0 Å². The zero-order chi connectivity index (χ0) is 13.9. The van der Waals surface area contributed by atoms with Gasteiger partial charge in [0.25, 0.3) is 7.71 Å². The predicted molar refractivity (Wildman–Crippen MR) is 80.1 cm³/mol. The Bertz CT molecular complexity index is 354. The second-order valence-electron chi connectivity index (χ2n) is 4.66. The van der Waals surface area contributed by atoms with Crippen LogP contribution in [0.2, 0.25) is 0 Å². The predicted octanol–water partition coefficient (Wildman–Crippen LogP) is 0.850. The fourth-order valence-corrected chi connectivity index (χ4v) is 4.46. The summed E-state index contributed by atoms with van der Waals surface area (Å²) in [4.78, 5) is 0. The minimum Gasteiger partial charge on any atom is -0.213 e. The normalized spacial score (nSPS) is 13.1. The summed E-state index contributed by atoms with van der Waals surface area (Å²) in [5.41, 5.74) is 6.79. The van der Waals surface area contributed by atoms with Gasteiger partial charge in [-0.3, -0.25) is 0 Å². The summed E-state index contributed by atoms with van der Waals surface area (Å²) in [6.07, 6.45) is 0. The molecular formula is C12H25N5P+. The van der Waals surface area contributed by atoms with Crippen LogP contribution in [0.3, 0.4) is 0 Å². The summed E-state index contributed by atoms with van der Waals surface area (Å²) in [6, 6.07) is 10.3. The number of rotatable bonds is 5. The van der Waals surface area contributed by atoms with E-state index in [1.54, 1.807) is 0 Å². The maximum atomic E-state index is 6.79. The summed E-state index contributed by atoms with van der Waals surface area (Å²) in [6.45, 7) is 0. The first-order valence-electron chi connectivity index (χ1n) is 5.88. The van der Waals surface area contributed by atoms with Crippen LogP contribution in [0.4, 0.5) is 0 Å². The van der Waals surface area contributed by atoms with Crippen molar-refractivity contribution in [3.63, 3.8) is 0 Å². The molecule has 1 aromatic carbocycles. The molecular weight excluding hydrogens is 245 g/mol. The molecule has 1 rings (SSSR count). The van der Waals surface area contributed by atoms with Gasteiger partial charge in [0.1, 0.15) is 5.30 Å². The summed E-state index contributed by atoms with van der Waals surface area (Å²) in [7, 11) is 9.99. The Morgan fingerprint density at radius 1 is 0.778 bits per heavy atom. The number of nitrogens with two attached hydrogens (primary N) is 1. The topological polar surface area (TPSA) is 39.0 Å². The van der Waals surface area contributed by atoms with Gasteiger partial charge in [0.2, 0.25) is 0 Å². The van der Waals surface area contributed by atoms with Crippen LogP contribution in [0.5, 0.6) is 0 Å². The van der Waals surface area contributed by atoms with Gasteiger partial charge in [0, 0.05) is 42.3 Å². The standard InChI is InChI=1S/C12H25N5P/c1-14(2)16(5)18(13,17(6)15(3)4)12-10-8-7-9-11-12/h7-11H,13H2,1-6H3/q+1. The Kier molecular flexibility index (Phi) is 5.22. The molecule has 0 heterocycles. The number of benzene rings is 1. The van der Waals surface area contributed by atoms with Crippen molar-refractivity contribution in [1.82, 2.24) is 19.6 Å². The molecule has 0 aliphatic carbocycles. The molecule has 1 aromatic rings. The average Bonchev–Trinajstić information content (AvgIpc) is 2.36. The fourth-order valence-electron chi connectivity index (χ4n) is 1.71. The van der Waals surface area contributed by atoms with E-state index >= 15 is 0 Å². The zero-order valence-corrected chi connectivity index (χ0v) is 13.1. The van der Waals surface area contributed by atoms with Crippen LogP contribution in [0.15, 0.2) is 30.3 Å². The molecule has 0 aliphatic heterocycles. The molecule has 102 valence electrons. The number of hydrogen-bond donors (Lipinski definition) is 1. The molecule has 0 bridgehead atoms. The third-order valence-corrected chi connectivity index (χ3v) is 6.72. The van der Waals surface area contributed by atoms with E-state index in [0.717, 1.165) is 5.30 Å². The lowest BCUT2D eigenvalue weighted by Crippen LogP contribution is -2.51. The molecule has 0 spiro atoms.